The molecule has 3 aromatic heterocycles. The Bertz CT molecular complexity index is 1320. The van der Waals surface area contributed by atoms with Crippen LogP contribution in [0, 0.1) is 5.82 Å². The van der Waals surface area contributed by atoms with Crippen molar-refractivity contribution in [3.8, 4) is 11.4 Å². The number of pyridine rings is 1. The molecule has 0 radical (unpaired) electrons. The van der Waals surface area contributed by atoms with Gasteiger partial charge in [-0.3, -0.25) is 4.90 Å². The fraction of sp³-hybridized carbons (Fsp3) is 0.346. The highest BCUT2D eigenvalue weighted by molar-refractivity contribution is 5.61. The van der Waals surface area contributed by atoms with E-state index in [9.17, 15) is 9.50 Å². The first kappa shape index (κ1) is 21.2. The van der Waals surface area contributed by atoms with Crippen LogP contribution in [0.2, 0.25) is 0 Å². The molecule has 2 aliphatic heterocycles. The van der Waals surface area contributed by atoms with Gasteiger partial charge in [0.1, 0.15) is 17.3 Å². The van der Waals surface area contributed by atoms with E-state index >= 15 is 0 Å². The second-order valence-corrected chi connectivity index (χ2v) is 9.20. The Morgan fingerprint density at radius 1 is 1.03 bits per heavy atom. The van der Waals surface area contributed by atoms with Crippen molar-refractivity contribution in [1.29, 1.82) is 0 Å². The van der Waals surface area contributed by atoms with Gasteiger partial charge in [-0.05, 0) is 61.2 Å². The molecule has 6 rings (SSSR count). The van der Waals surface area contributed by atoms with Crippen LogP contribution in [0.5, 0.6) is 0 Å². The Balaban J connectivity index is 1.31. The summed E-state index contributed by atoms with van der Waals surface area (Å²) in [7, 11) is 0. The number of hydrogen-bond donors (Lipinski definition) is 1. The number of anilines is 1. The summed E-state index contributed by atoms with van der Waals surface area (Å²) in [5.74, 6) is 0.639. The number of aliphatic hydroxyl groups is 1. The van der Waals surface area contributed by atoms with Gasteiger partial charge in [-0.1, -0.05) is 18.2 Å². The Hall–Kier alpha value is -3.36. The van der Waals surface area contributed by atoms with Gasteiger partial charge in [-0.25, -0.2) is 18.9 Å². The molecule has 4 aromatic rings. The minimum absolute atomic E-state index is 0.102. The van der Waals surface area contributed by atoms with Crippen molar-refractivity contribution < 1.29 is 9.50 Å². The Kier molecular flexibility index (Phi) is 5.47. The third kappa shape index (κ3) is 4.03. The summed E-state index contributed by atoms with van der Waals surface area (Å²) in [6.07, 6.45) is 4.38. The van der Waals surface area contributed by atoms with Crippen LogP contribution in [0.25, 0.3) is 17.0 Å². The number of fused-ring (bicyclic) bond motifs is 1. The van der Waals surface area contributed by atoms with E-state index in [1.165, 1.54) is 6.07 Å². The molecule has 2 unspecified atom stereocenters. The van der Waals surface area contributed by atoms with Crippen molar-refractivity contribution in [2.24, 2.45) is 0 Å². The molecule has 1 N–H and O–H groups in total. The van der Waals surface area contributed by atoms with Crippen LogP contribution in [0.15, 0.2) is 60.8 Å². The van der Waals surface area contributed by atoms with E-state index < -0.39 is 0 Å². The number of β-amino-alcohol motifs (C(OH)–C–C–N with tert-alkyl or cyclic N) is 1. The number of nitrogens with zero attached hydrogens (tertiary/aromatic N) is 6. The minimum Gasteiger partial charge on any atom is -0.392 e. The van der Waals surface area contributed by atoms with Gasteiger partial charge in [0, 0.05) is 26.2 Å². The van der Waals surface area contributed by atoms with Gasteiger partial charge >= 0.3 is 0 Å². The molecule has 34 heavy (non-hydrogen) atoms. The number of benzene rings is 1. The molecule has 0 saturated carbocycles. The molecule has 2 saturated heterocycles. The highest BCUT2D eigenvalue weighted by atomic mass is 19.1. The first-order valence-corrected chi connectivity index (χ1v) is 11.9. The number of aliphatic hydroxyl groups excluding tert-OH is 1. The number of halogens is 1. The second kappa shape index (κ2) is 8.77. The van der Waals surface area contributed by atoms with Crippen molar-refractivity contribution in [3.63, 3.8) is 0 Å². The highest BCUT2D eigenvalue weighted by Gasteiger charge is 2.28. The lowest BCUT2D eigenvalue weighted by Crippen LogP contribution is -2.24. The van der Waals surface area contributed by atoms with Gasteiger partial charge in [-0.2, -0.15) is 0 Å². The highest BCUT2D eigenvalue weighted by Crippen LogP contribution is 2.35. The third-order valence-corrected chi connectivity index (χ3v) is 6.83. The maximum absolute atomic E-state index is 13.9. The standard InChI is InChI=1S/C26H27FN6O/c27-19-5-1-4-18(14-19)23-8-3-12-32(23)26-10-9-25-28-15-24(33(25)30-26)22-7-2-6-20(29-22)16-31-13-11-21(34)17-31/h1-2,4-7,9-10,14-15,21,23,34H,3,8,11-13,16-17H2. The van der Waals surface area contributed by atoms with Gasteiger partial charge in [0.2, 0.25) is 0 Å². The average molecular weight is 459 g/mol. The van der Waals surface area contributed by atoms with E-state index in [0.717, 1.165) is 66.5 Å². The third-order valence-electron chi connectivity index (χ3n) is 6.83. The van der Waals surface area contributed by atoms with E-state index in [2.05, 4.69) is 14.8 Å². The van der Waals surface area contributed by atoms with Gasteiger partial charge in [0.25, 0.3) is 0 Å². The number of rotatable bonds is 5. The van der Waals surface area contributed by atoms with Crippen molar-refractivity contribution in [1.82, 2.24) is 24.5 Å². The molecule has 1 aromatic carbocycles. The van der Waals surface area contributed by atoms with Gasteiger partial charge < -0.3 is 10.0 Å². The zero-order valence-corrected chi connectivity index (χ0v) is 18.9. The first-order chi connectivity index (χ1) is 16.6. The monoisotopic (exact) mass is 458 g/mol. The van der Waals surface area contributed by atoms with Gasteiger partial charge in [0.15, 0.2) is 5.65 Å². The summed E-state index contributed by atoms with van der Waals surface area (Å²) in [5.41, 5.74) is 4.35. The molecule has 7 nitrogen and oxygen atoms in total. The summed E-state index contributed by atoms with van der Waals surface area (Å²) >= 11 is 0. The summed E-state index contributed by atoms with van der Waals surface area (Å²) in [4.78, 5) is 13.9. The van der Waals surface area contributed by atoms with Crippen LogP contribution in [0.1, 0.15) is 36.6 Å². The first-order valence-electron chi connectivity index (χ1n) is 11.9. The topological polar surface area (TPSA) is 69.8 Å². The number of imidazole rings is 1. The molecule has 174 valence electrons. The lowest BCUT2D eigenvalue weighted by Gasteiger charge is -2.26. The predicted octanol–water partition coefficient (Wildman–Crippen LogP) is 3.84. The second-order valence-electron chi connectivity index (χ2n) is 9.20. The van der Waals surface area contributed by atoms with Crippen LogP contribution in [0.3, 0.4) is 0 Å². The van der Waals surface area contributed by atoms with E-state index in [4.69, 9.17) is 10.1 Å². The Morgan fingerprint density at radius 3 is 2.79 bits per heavy atom. The molecule has 2 fully saturated rings. The molecule has 2 atom stereocenters. The fourth-order valence-corrected chi connectivity index (χ4v) is 5.19. The normalized spacial score (nSPS) is 21.1. The largest absolute Gasteiger partial charge is 0.392 e. The van der Waals surface area contributed by atoms with Crippen LogP contribution < -0.4 is 4.90 Å². The lowest BCUT2D eigenvalue weighted by atomic mass is 10.0. The van der Waals surface area contributed by atoms with E-state index in [-0.39, 0.29) is 18.0 Å². The molecular weight excluding hydrogens is 431 g/mol. The molecule has 0 aliphatic carbocycles. The zero-order valence-electron chi connectivity index (χ0n) is 18.9. The van der Waals surface area contributed by atoms with Crippen molar-refractivity contribution in [3.05, 3.63) is 77.9 Å². The summed E-state index contributed by atoms with van der Waals surface area (Å²) in [6, 6.07) is 16.9. The molecule has 0 bridgehead atoms. The predicted molar refractivity (Wildman–Crippen MR) is 128 cm³/mol. The van der Waals surface area contributed by atoms with E-state index in [1.54, 1.807) is 12.1 Å². The van der Waals surface area contributed by atoms with Gasteiger partial charge in [0.05, 0.1) is 29.7 Å². The minimum atomic E-state index is -0.244. The molecule has 2 aliphatic rings. The van der Waals surface area contributed by atoms with Crippen molar-refractivity contribution in [2.45, 2.75) is 38.0 Å². The van der Waals surface area contributed by atoms with Crippen LogP contribution >= 0.6 is 0 Å². The van der Waals surface area contributed by atoms with E-state index in [1.807, 2.05) is 47.1 Å². The Morgan fingerprint density at radius 2 is 1.94 bits per heavy atom. The fourth-order valence-electron chi connectivity index (χ4n) is 5.19. The molecule has 0 amide bonds. The zero-order chi connectivity index (χ0) is 23.1. The quantitative estimate of drug-likeness (QED) is 0.490. The summed E-state index contributed by atoms with van der Waals surface area (Å²) in [6.45, 7) is 3.16. The Labute approximate surface area is 197 Å². The summed E-state index contributed by atoms with van der Waals surface area (Å²) in [5, 5.41) is 14.8. The van der Waals surface area contributed by atoms with Crippen LogP contribution in [-0.2, 0) is 6.54 Å². The summed E-state index contributed by atoms with van der Waals surface area (Å²) < 4.78 is 15.7. The van der Waals surface area contributed by atoms with E-state index in [0.29, 0.717) is 13.1 Å². The maximum atomic E-state index is 13.9. The SMILES string of the molecule is OC1CCN(Cc2cccc(-c3cnc4ccc(N5CCCC5c5cccc(F)c5)nn34)n2)C1. The van der Waals surface area contributed by atoms with Crippen LogP contribution in [-0.4, -0.2) is 55.3 Å². The van der Waals surface area contributed by atoms with Crippen molar-refractivity contribution >= 4 is 11.5 Å². The molecule has 0 spiro atoms. The number of hydrogen-bond acceptors (Lipinski definition) is 6. The van der Waals surface area contributed by atoms with Gasteiger partial charge in [-0.15, -0.1) is 5.10 Å². The number of aromatic nitrogens is 4. The molecule has 5 heterocycles. The maximum Gasteiger partial charge on any atom is 0.154 e. The number of likely N-dealkylation sites (tertiary alicyclic amines) is 1. The average Bonchev–Trinajstić information content (AvgIpc) is 3.58. The van der Waals surface area contributed by atoms with Crippen molar-refractivity contribution in [2.75, 3.05) is 24.5 Å². The smallest absolute Gasteiger partial charge is 0.154 e. The molecule has 8 heteroatoms. The van der Waals surface area contributed by atoms with Crippen LogP contribution in [0.4, 0.5) is 10.2 Å². The molecular formula is C26H27FN6O. The lowest BCUT2D eigenvalue weighted by molar-refractivity contribution is 0.174.